The summed E-state index contributed by atoms with van der Waals surface area (Å²) in [5, 5.41) is 0.530. The number of methoxy groups -OCH3 is 1. The van der Waals surface area contributed by atoms with Gasteiger partial charge in [-0.1, -0.05) is 35.9 Å². The van der Waals surface area contributed by atoms with Gasteiger partial charge in [0, 0.05) is 14.1 Å². The predicted molar refractivity (Wildman–Crippen MR) is 133 cm³/mol. The van der Waals surface area contributed by atoms with Crippen molar-refractivity contribution in [3.05, 3.63) is 86.2 Å². The van der Waals surface area contributed by atoms with Crippen molar-refractivity contribution in [2.75, 3.05) is 13.7 Å². The Labute approximate surface area is 197 Å². The number of hydrogen-bond acceptors (Lipinski definition) is 4. The molecule has 5 rings (SSSR count). The van der Waals surface area contributed by atoms with Crippen LogP contribution in [0.4, 0.5) is 0 Å². The molecule has 1 atom stereocenters. The third kappa shape index (κ3) is 3.15. The highest BCUT2D eigenvalue weighted by Crippen LogP contribution is 2.45. The van der Waals surface area contributed by atoms with E-state index in [-0.39, 0.29) is 11.2 Å². The summed E-state index contributed by atoms with van der Waals surface area (Å²) in [6, 6.07) is 15.9. The molecule has 0 saturated carbocycles. The summed E-state index contributed by atoms with van der Waals surface area (Å²) in [5.74, 6) is 0.752. The Morgan fingerprint density at radius 1 is 1.03 bits per heavy atom. The van der Waals surface area contributed by atoms with Gasteiger partial charge in [-0.15, -0.1) is 0 Å². The first-order valence-electron chi connectivity index (χ1n) is 11.3. The molecule has 2 aromatic heterocycles. The van der Waals surface area contributed by atoms with Crippen LogP contribution < -0.4 is 16.0 Å². The average molecular weight is 460 g/mol. The summed E-state index contributed by atoms with van der Waals surface area (Å²) in [4.78, 5) is 26.7. The minimum Gasteiger partial charge on any atom is -0.497 e. The zero-order chi connectivity index (χ0) is 24.4. The highest BCUT2D eigenvalue weighted by molar-refractivity contribution is 5.97. The summed E-state index contributed by atoms with van der Waals surface area (Å²) < 4.78 is 16.7. The minimum atomic E-state index is -0.447. The van der Waals surface area contributed by atoms with Crippen molar-refractivity contribution in [1.82, 2.24) is 13.7 Å². The lowest BCUT2D eigenvalue weighted by atomic mass is 9.98. The first-order valence-corrected chi connectivity index (χ1v) is 11.3. The van der Waals surface area contributed by atoms with Crippen LogP contribution in [0.1, 0.15) is 36.8 Å². The molecule has 0 radical (unpaired) electrons. The van der Waals surface area contributed by atoms with Crippen LogP contribution in [-0.2, 0) is 24.4 Å². The van der Waals surface area contributed by atoms with Crippen LogP contribution in [-0.4, -0.2) is 27.4 Å². The van der Waals surface area contributed by atoms with E-state index in [0.29, 0.717) is 17.5 Å². The van der Waals surface area contributed by atoms with E-state index < -0.39 is 11.6 Å². The molecule has 7 heteroatoms. The van der Waals surface area contributed by atoms with Crippen molar-refractivity contribution in [2.45, 2.75) is 32.4 Å². The Hall–Kier alpha value is -3.58. The summed E-state index contributed by atoms with van der Waals surface area (Å²) in [7, 11) is 4.88. The second-order valence-corrected chi connectivity index (χ2v) is 9.64. The standard InChI is InChI=1S/C27H29N3O4/c1-16-8-7-9-18(14-16)21-20-22(28(4)26(32)29(5)25(20)31)23-24(34-15-27(2,3)30(21)23)17-10-12-19(33-6)13-11-17/h7-14,24H,15H2,1-6H3/t24-/m1/s1. The highest BCUT2D eigenvalue weighted by Gasteiger charge is 2.40. The molecule has 0 spiro atoms. The number of rotatable bonds is 3. The van der Waals surface area contributed by atoms with Gasteiger partial charge in [0.25, 0.3) is 5.56 Å². The molecule has 7 nitrogen and oxygen atoms in total. The molecule has 0 saturated heterocycles. The van der Waals surface area contributed by atoms with Gasteiger partial charge in [-0.3, -0.25) is 13.9 Å². The quantitative estimate of drug-likeness (QED) is 0.466. The maximum absolute atomic E-state index is 13.6. The van der Waals surface area contributed by atoms with Crippen molar-refractivity contribution in [3.63, 3.8) is 0 Å². The van der Waals surface area contributed by atoms with Gasteiger partial charge in [0.15, 0.2) is 0 Å². The number of nitrogens with zero attached hydrogens (tertiary/aromatic N) is 3. The fraction of sp³-hybridized carbons (Fsp3) is 0.333. The molecule has 2 aromatic carbocycles. The molecule has 34 heavy (non-hydrogen) atoms. The lowest BCUT2D eigenvalue weighted by molar-refractivity contribution is -0.00708. The smallest absolute Gasteiger partial charge is 0.331 e. The SMILES string of the molecule is COc1ccc([C@H]2OCC(C)(C)n3c(-c4cccc(C)c4)c4c(=O)n(C)c(=O)n(C)c4c32)cc1. The number of fused-ring (bicyclic) bond motifs is 3. The third-order valence-corrected chi connectivity index (χ3v) is 6.78. The maximum atomic E-state index is 13.6. The van der Waals surface area contributed by atoms with Crippen LogP contribution in [0.2, 0.25) is 0 Å². The van der Waals surface area contributed by atoms with Crippen LogP contribution in [0, 0.1) is 6.92 Å². The number of hydrogen-bond donors (Lipinski definition) is 0. The number of aromatic nitrogens is 3. The van der Waals surface area contributed by atoms with Gasteiger partial charge >= 0.3 is 5.69 Å². The van der Waals surface area contributed by atoms with E-state index >= 15 is 0 Å². The molecule has 0 aliphatic carbocycles. The summed E-state index contributed by atoms with van der Waals surface area (Å²) in [6.45, 7) is 6.68. The van der Waals surface area contributed by atoms with Crippen LogP contribution in [0.15, 0.2) is 58.1 Å². The van der Waals surface area contributed by atoms with Gasteiger partial charge in [0.05, 0.1) is 41.5 Å². The highest BCUT2D eigenvalue weighted by atomic mass is 16.5. The topological polar surface area (TPSA) is 67.4 Å². The second-order valence-electron chi connectivity index (χ2n) is 9.64. The summed E-state index contributed by atoms with van der Waals surface area (Å²) >= 11 is 0. The zero-order valence-corrected chi connectivity index (χ0v) is 20.4. The molecular weight excluding hydrogens is 430 g/mol. The van der Waals surface area contributed by atoms with E-state index in [9.17, 15) is 9.59 Å². The van der Waals surface area contributed by atoms with E-state index in [1.165, 1.54) is 11.6 Å². The van der Waals surface area contributed by atoms with Gasteiger partial charge in [0.2, 0.25) is 0 Å². The molecule has 176 valence electrons. The number of benzene rings is 2. The van der Waals surface area contributed by atoms with Crippen molar-refractivity contribution >= 4 is 10.9 Å². The third-order valence-electron chi connectivity index (χ3n) is 6.78. The first-order chi connectivity index (χ1) is 16.2. The monoisotopic (exact) mass is 459 g/mol. The van der Waals surface area contributed by atoms with Gasteiger partial charge < -0.3 is 14.0 Å². The van der Waals surface area contributed by atoms with Crippen LogP contribution >= 0.6 is 0 Å². The maximum Gasteiger partial charge on any atom is 0.331 e. The molecule has 0 N–H and O–H groups in total. The lowest BCUT2D eigenvalue weighted by Gasteiger charge is -2.39. The number of aryl methyl sites for hydroxylation is 2. The molecule has 1 aliphatic rings. The molecule has 3 heterocycles. The van der Waals surface area contributed by atoms with Crippen LogP contribution in [0.3, 0.4) is 0 Å². The van der Waals surface area contributed by atoms with E-state index in [4.69, 9.17) is 9.47 Å². The summed E-state index contributed by atoms with van der Waals surface area (Å²) in [6.07, 6.45) is -0.447. The Morgan fingerprint density at radius 2 is 1.74 bits per heavy atom. The zero-order valence-electron chi connectivity index (χ0n) is 20.4. The molecular formula is C27H29N3O4. The van der Waals surface area contributed by atoms with Gasteiger partial charge in [-0.25, -0.2) is 4.79 Å². The lowest BCUT2D eigenvalue weighted by Crippen LogP contribution is -2.40. The van der Waals surface area contributed by atoms with Crippen molar-refractivity contribution in [2.24, 2.45) is 14.1 Å². The second kappa shape index (κ2) is 7.74. The summed E-state index contributed by atoms with van der Waals surface area (Å²) in [5.41, 5.74) is 4.09. The molecule has 1 aliphatic heterocycles. The van der Waals surface area contributed by atoms with Gasteiger partial charge in [-0.2, -0.15) is 0 Å². The fourth-order valence-corrected chi connectivity index (χ4v) is 5.10. The van der Waals surface area contributed by atoms with E-state index in [0.717, 1.165) is 33.8 Å². The van der Waals surface area contributed by atoms with Crippen molar-refractivity contribution < 1.29 is 9.47 Å². The Bertz CT molecular complexity index is 1540. The largest absolute Gasteiger partial charge is 0.497 e. The Morgan fingerprint density at radius 3 is 2.38 bits per heavy atom. The van der Waals surface area contributed by atoms with Crippen LogP contribution in [0.25, 0.3) is 22.2 Å². The van der Waals surface area contributed by atoms with Crippen LogP contribution in [0.5, 0.6) is 5.75 Å². The molecule has 0 fully saturated rings. The van der Waals surface area contributed by atoms with Crippen molar-refractivity contribution in [3.8, 4) is 17.0 Å². The van der Waals surface area contributed by atoms with Crippen molar-refractivity contribution in [1.29, 1.82) is 0 Å². The number of ether oxygens (including phenoxy) is 2. The Balaban J connectivity index is 1.97. The van der Waals surface area contributed by atoms with E-state index in [1.807, 2.05) is 49.4 Å². The molecule has 0 amide bonds. The first kappa shape index (κ1) is 22.2. The Kier molecular flexibility index (Phi) is 5.06. The molecule has 4 aromatic rings. The predicted octanol–water partition coefficient (Wildman–Crippen LogP) is 3.88. The fourth-order valence-electron chi connectivity index (χ4n) is 5.10. The van der Waals surface area contributed by atoms with E-state index in [2.05, 4.69) is 24.5 Å². The minimum absolute atomic E-state index is 0.305. The van der Waals surface area contributed by atoms with E-state index in [1.54, 1.807) is 18.7 Å². The average Bonchev–Trinajstić information content (AvgIpc) is 3.19. The normalized spacial score (nSPS) is 17.1. The van der Waals surface area contributed by atoms with Gasteiger partial charge in [0.1, 0.15) is 11.9 Å². The molecule has 0 bridgehead atoms. The van der Waals surface area contributed by atoms with Gasteiger partial charge in [-0.05, 0) is 50.1 Å². The molecule has 0 unspecified atom stereocenters.